The summed E-state index contributed by atoms with van der Waals surface area (Å²) in [5.74, 6) is -1.23. The van der Waals surface area contributed by atoms with Gasteiger partial charge in [-0.15, -0.1) is 0 Å². The van der Waals surface area contributed by atoms with E-state index in [1.807, 2.05) is 0 Å². The molecule has 0 bridgehead atoms. The van der Waals surface area contributed by atoms with Gasteiger partial charge in [0.15, 0.2) is 0 Å². The van der Waals surface area contributed by atoms with Crippen molar-refractivity contribution in [2.24, 2.45) is 0 Å². The molecule has 14 heavy (non-hydrogen) atoms. The van der Waals surface area contributed by atoms with E-state index in [2.05, 4.69) is 6.58 Å². The van der Waals surface area contributed by atoms with Crippen molar-refractivity contribution in [3.05, 3.63) is 36.4 Å². The van der Waals surface area contributed by atoms with Crippen LogP contribution < -0.4 is 0 Å². The summed E-state index contributed by atoms with van der Waals surface area (Å²) < 4.78 is 21.4. The summed E-state index contributed by atoms with van der Waals surface area (Å²) >= 11 is -2.45. The second-order valence-electron chi connectivity index (χ2n) is 2.51. The lowest BCUT2D eigenvalue weighted by Gasteiger charge is -2.10. The molecule has 1 aromatic rings. The number of carboxylic acids is 1. The Morgan fingerprint density at radius 3 is 2.50 bits per heavy atom. The monoisotopic (exact) mass is 211 g/mol. The van der Waals surface area contributed by atoms with Gasteiger partial charge in [0.05, 0.1) is 5.57 Å². The van der Waals surface area contributed by atoms with Crippen molar-refractivity contribution in [2.75, 3.05) is 0 Å². The van der Waals surface area contributed by atoms with Crippen LogP contribution in [0.4, 0.5) is 0 Å². The van der Waals surface area contributed by atoms with E-state index < -0.39 is 17.0 Å². The molecule has 0 aromatic heterocycles. The average molecular weight is 211 g/mol. The molecule has 74 valence electrons. The molecule has 0 amide bonds. The quantitative estimate of drug-likeness (QED) is 0.598. The highest BCUT2D eigenvalue weighted by atomic mass is 32.2. The fourth-order valence-electron chi connectivity index (χ4n) is 0.976. The number of rotatable bonds is 3. The highest BCUT2D eigenvalue weighted by Crippen LogP contribution is 2.20. The number of aliphatic carboxylic acids is 1. The van der Waals surface area contributed by atoms with Crippen molar-refractivity contribution in [3.8, 4) is 0 Å². The molecule has 0 saturated carbocycles. The number of hydrogen-bond acceptors (Lipinski definition) is 3. The van der Waals surface area contributed by atoms with Crippen LogP contribution >= 0.6 is 0 Å². The van der Waals surface area contributed by atoms with E-state index in [4.69, 9.17) is 5.11 Å². The smallest absolute Gasteiger partial charge is 0.335 e. The molecule has 1 rings (SSSR count). The molecule has 0 aliphatic heterocycles. The summed E-state index contributed by atoms with van der Waals surface area (Å²) in [6, 6.07) is 5.80. The maximum absolute atomic E-state index is 10.7. The van der Waals surface area contributed by atoms with Crippen LogP contribution in [0.5, 0.6) is 0 Å². The normalized spacial score (nSPS) is 12.1. The zero-order chi connectivity index (χ0) is 10.7. The lowest BCUT2D eigenvalue weighted by atomic mass is 10.1. The number of carboxylic acid groups (broad SMARTS) is 1. The largest absolute Gasteiger partial charge is 0.768 e. The second kappa shape index (κ2) is 4.17. The zero-order valence-corrected chi connectivity index (χ0v) is 7.91. The Morgan fingerprint density at radius 1 is 1.43 bits per heavy atom. The summed E-state index contributed by atoms with van der Waals surface area (Å²) in [4.78, 5) is 10.5. The average Bonchev–Trinajstić information content (AvgIpc) is 2.16. The van der Waals surface area contributed by atoms with E-state index in [1.54, 1.807) is 6.07 Å². The third-order valence-electron chi connectivity index (χ3n) is 1.65. The van der Waals surface area contributed by atoms with Crippen molar-refractivity contribution >= 4 is 22.6 Å². The van der Waals surface area contributed by atoms with E-state index in [1.165, 1.54) is 18.2 Å². The molecular formula is C9H7O4S-. The van der Waals surface area contributed by atoms with Crippen LogP contribution in [0.25, 0.3) is 5.57 Å². The van der Waals surface area contributed by atoms with E-state index >= 15 is 0 Å². The standard InChI is InChI=1S/C9H8O4S/c1-6(9(10)11)7-4-2-3-5-8(7)14(12)13/h2-5H,1H2,(H,10,11)(H,12,13)/p-1. The number of carbonyl (C=O) groups is 1. The number of hydrogen-bond donors (Lipinski definition) is 1. The molecule has 0 aliphatic carbocycles. The topological polar surface area (TPSA) is 77.4 Å². The Balaban J connectivity index is 3.27. The highest BCUT2D eigenvalue weighted by molar-refractivity contribution is 7.79. The van der Waals surface area contributed by atoms with Crippen LogP contribution in [0.1, 0.15) is 5.56 Å². The first-order chi connectivity index (χ1) is 6.54. The summed E-state index contributed by atoms with van der Waals surface area (Å²) in [7, 11) is 0. The van der Waals surface area contributed by atoms with Gasteiger partial charge in [-0.25, -0.2) is 4.79 Å². The first-order valence-electron chi connectivity index (χ1n) is 3.65. The van der Waals surface area contributed by atoms with Gasteiger partial charge in [-0.05, 0) is 17.1 Å². The van der Waals surface area contributed by atoms with Gasteiger partial charge >= 0.3 is 5.97 Å². The Labute approximate surface area is 83.2 Å². The molecule has 0 fully saturated rings. The van der Waals surface area contributed by atoms with Crippen LogP contribution in [0.15, 0.2) is 35.7 Å². The van der Waals surface area contributed by atoms with E-state index in [0.29, 0.717) is 0 Å². The third-order valence-corrected chi connectivity index (χ3v) is 2.37. The van der Waals surface area contributed by atoms with Gasteiger partial charge in [0.25, 0.3) is 0 Å². The van der Waals surface area contributed by atoms with Crippen molar-refractivity contribution in [2.45, 2.75) is 4.90 Å². The van der Waals surface area contributed by atoms with Crippen LogP contribution in [0.2, 0.25) is 0 Å². The van der Waals surface area contributed by atoms with Crippen molar-refractivity contribution in [1.29, 1.82) is 0 Å². The third kappa shape index (κ3) is 2.07. The molecule has 0 heterocycles. The molecule has 1 N–H and O–H groups in total. The molecule has 1 aromatic carbocycles. The molecule has 4 nitrogen and oxygen atoms in total. The molecule has 0 saturated heterocycles. The lowest BCUT2D eigenvalue weighted by Crippen LogP contribution is -2.02. The molecule has 0 aliphatic rings. The Kier molecular flexibility index (Phi) is 3.16. The Morgan fingerprint density at radius 2 is 2.00 bits per heavy atom. The molecular weight excluding hydrogens is 204 g/mol. The van der Waals surface area contributed by atoms with Crippen LogP contribution in [-0.4, -0.2) is 19.8 Å². The second-order valence-corrected chi connectivity index (χ2v) is 3.42. The van der Waals surface area contributed by atoms with Crippen LogP contribution in [0.3, 0.4) is 0 Å². The zero-order valence-electron chi connectivity index (χ0n) is 7.10. The minimum absolute atomic E-state index is 0.0556. The molecule has 1 atom stereocenters. The van der Waals surface area contributed by atoms with Gasteiger partial charge in [0.2, 0.25) is 0 Å². The summed E-state index contributed by atoms with van der Waals surface area (Å²) in [6.07, 6.45) is 0. The minimum Gasteiger partial charge on any atom is -0.768 e. The first kappa shape index (κ1) is 10.6. The van der Waals surface area contributed by atoms with Crippen molar-refractivity contribution in [1.82, 2.24) is 0 Å². The van der Waals surface area contributed by atoms with Gasteiger partial charge in [-0.2, -0.15) is 0 Å². The number of benzene rings is 1. The predicted octanol–water partition coefficient (Wildman–Crippen LogP) is 1.02. The van der Waals surface area contributed by atoms with E-state index in [9.17, 15) is 13.6 Å². The summed E-state index contributed by atoms with van der Waals surface area (Å²) in [5, 5.41) is 8.64. The van der Waals surface area contributed by atoms with E-state index in [-0.39, 0.29) is 16.0 Å². The van der Waals surface area contributed by atoms with Gasteiger partial charge in [-0.1, -0.05) is 24.8 Å². The Hall–Kier alpha value is -1.46. The van der Waals surface area contributed by atoms with E-state index in [0.717, 1.165) is 0 Å². The molecule has 0 radical (unpaired) electrons. The van der Waals surface area contributed by atoms with Gasteiger partial charge < -0.3 is 9.66 Å². The fraction of sp³-hybridized carbons (Fsp3) is 0. The van der Waals surface area contributed by atoms with Crippen LogP contribution in [-0.2, 0) is 15.9 Å². The SMILES string of the molecule is C=C(C(=O)O)c1ccccc1S(=O)[O-]. The van der Waals surface area contributed by atoms with Gasteiger partial charge in [0.1, 0.15) is 0 Å². The van der Waals surface area contributed by atoms with Crippen LogP contribution in [0, 0.1) is 0 Å². The van der Waals surface area contributed by atoms with Crippen molar-refractivity contribution in [3.63, 3.8) is 0 Å². The lowest BCUT2D eigenvalue weighted by molar-refractivity contribution is -0.130. The first-order valence-corrected chi connectivity index (χ1v) is 4.72. The summed E-state index contributed by atoms with van der Waals surface area (Å²) in [6.45, 7) is 3.29. The minimum atomic E-state index is -2.45. The van der Waals surface area contributed by atoms with Crippen molar-refractivity contribution < 1.29 is 18.7 Å². The Bertz CT molecular complexity index is 411. The maximum atomic E-state index is 10.7. The maximum Gasteiger partial charge on any atom is 0.335 e. The molecule has 0 spiro atoms. The highest BCUT2D eigenvalue weighted by Gasteiger charge is 2.11. The molecule has 5 heteroatoms. The fourth-order valence-corrected chi connectivity index (χ4v) is 1.54. The molecule has 1 unspecified atom stereocenters. The summed E-state index contributed by atoms with van der Waals surface area (Å²) in [5.41, 5.74) is -0.113. The predicted molar refractivity (Wildman–Crippen MR) is 50.3 cm³/mol. The van der Waals surface area contributed by atoms with Gasteiger partial charge in [0, 0.05) is 10.5 Å². The van der Waals surface area contributed by atoms with Gasteiger partial charge in [-0.3, -0.25) is 4.21 Å².